The molecule has 102 valence electrons. The fourth-order valence-corrected chi connectivity index (χ4v) is 2.14. The molecule has 2 rings (SSSR count). The zero-order chi connectivity index (χ0) is 14.4. The van der Waals surface area contributed by atoms with Crippen LogP contribution in [0.25, 0.3) is 0 Å². The maximum Gasteiger partial charge on any atom is 0.495 e. The van der Waals surface area contributed by atoms with Gasteiger partial charge in [0.1, 0.15) is 0 Å². The van der Waals surface area contributed by atoms with Gasteiger partial charge >= 0.3 is 13.1 Å². The molecular weight excluding hydrogens is 243 g/mol. The van der Waals surface area contributed by atoms with Gasteiger partial charge in [0.25, 0.3) is 0 Å². The van der Waals surface area contributed by atoms with Crippen molar-refractivity contribution in [2.24, 2.45) is 0 Å². The van der Waals surface area contributed by atoms with E-state index in [-0.39, 0.29) is 5.56 Å². The van der Waals surface area contributed by atoms with Crippen LogP contribution in [0.5, 0.6) is 0 Å². The van der Waals surface area contributed by atoms with E-state index < -0.39 is 24.3 Å². The lowest BCUT2D eigenvalue weighted by molar-refractivity contribution is 0.00578. The van der Waals surface area contributed by atoms with Gasteiger partial charge in [0.2, 0.25) is 0 Å². The van der Waals surface area contributed by atoms with Crippen LogP contribution in [0.1, 0.15) is 43.6 Å². The summed E-state index contributed by atoms with van der Waals surface area (Å²) in [6.07, 6.45) is 0. The number of hydrogen-bond donors (Lipinski definition) is 1. The molecule has 0 bridgehead atoms. The fourth-order valence-electron chi connectivity index (χ4n) is 2.14. The zero-order valence-electron chi connectivity index (χ0n) is 12.0. The van der Waals surface area contributed by atoms with E-state index in [4.69, 9.17) is 9.31 Å². The highest BCUT2D eigenvalue weighted by molar-refractivity contribution is 6.64. The van der Waals surface area contributed by atoms with Crippen LogP contribution in [0.15, 0.2) is 18.2 Å². The largest absolute Gasteiger partial charge is 0.495 e. The van der Waals surface area contributed by atoms with Crippen molar-refractivity contribution in [3.8, 4) is 0 Å². The lowest BCUT2D eigenvalue weighted by Gasteiger charge is -2.32. The van der Waals surface area contributed by atoms with Gasteiger partial charge < -0.3 is 14.4 Å². The molecule has 0 radical (unpaired) electrons. The van der Waals surface area contributed by atoms with Gasteiger partial charge in [-0.25, -0.2) is 4.79 Å². The van der Waals surface area contributed by atoms with Crippen LogP contribution in [0.3, 0.4) is 0 Å². The average molecular weight is 262 g/mol. The van der Waals surface area contributed by atoms with Crippen LogP contribution in [-0.2, 0) is 9.31 Å². The molecule has 1 N–H and O–H groups in total. The lowest BCUT2D eigenvalue weighted by Crippen LogP contribution is -2.41. The predicted octanol–water partition coefficient (Wildman–Crippen LogP) is 1.99. The molecule has 0 saturated carbocycles. The molecule has 5 heteroatoms. The van der Waals surface area contributed by atoms with Crippen LogP contribution >= 0.6 is 0 Å². The molecule has 19 heavy (non-hydrogen) atoms. The van der Waals surface area contributed by atoms with E-state index >= 15 is 0 Å². The van der Waals surface area contributed by atoms with Crippen molar-refractivity contribution < 1.29 is 19.2 Å². The van der Waals surface area contributed by atoms with Gasteiger partial charge in [-0.15, -0.1) is 0 Å². The number of aryl methyl sites for hydroxylation is 1. The molecule has 1 heterocycles. The van der Waals surface area contributed by atoms with Gasteiger partial charge in [-0.3, -0.25) is 0 Å². The molecule has 0 aromatic heterocycles. The van der Waals surface area contributed by atoms with Crippen molar-refractivity contribution in [3.63, 3.8) is 0 Å². The summed E-state index contributed by atoms with van der Waals surface area (Å²) in [4.78, 5) is 11.3. The molecule has 1 aromatic rings. The Morgan fingerprint density at radius 1 is 1.16 bits per heavy atom. The van der Waals surface area contributed by atoms with Gasteiger partial charge in [-0.2, -0.15) is 0 Å². The third kappa shape index (κ3) is 2.28. The topological polar surface area (TPSA) is 55.8 Å². The summed E-state index contributed by atoms with van der Waals surface area (Å²) in [6, 6.07) is 5.18. The summed E-state index contributed by atoms with van der Waals surface area (Å²) in [5, 5.41) is 9.30. The van der Waals surface area contributed by atoms with E-state index in [2.05, 4.69) is 0 Å². The number of carbonyl (C=O) groups is 1. The van der Waals surface area contributed by atoms with Crippen LogP contribution in [0.4, 0.5) is 0 Å². The van der Waals surface area contributed by atoms with Crippen molar-refractivity contribution >= 4 is 18.6 Å². The second kappa shape index (κ2) is 4.35. The number of carboxylic acids is 1. The normalized spacial score (nSPS) is 20.6. The average Bonchev–Trinajstić information content (AvgIpc) is 2.47. The first-order chi connectivity index (χ1) is 8.66. The Morgan fingerprint density at radius 3 is 2.16 bits per heavy atom. The predicted molar refractivity (Wildman–Crippen MR) is 73.9 cm³/mol. The molecular formula is C14H19BO4. The van der Waals surface area contributed by atoms with E-state index in [9.17, 15) is 9.90 Å². The molecule has 1 aromatic carbocycles. The minimum absolute atomic E-state index is 0.235. The van der Waals surface area contributed by atoms with Crippen molar-refractivity contribution in [1.82, 2.24) is 0 Å². The maximum atomic E-state index is 11.3. The molecule has 1 saturated heterocycles. The standard InChI is InChI=1S/C14H19BO4/c1-9-7-6-8-10(12(16)17)11(9)15-18-13(2,3)14(4,5)19-15/h6-8H,1-5H3,(H,16,17). The molecule has 1 aliphatic heterocycles. The number of aromatic carboxylic acids is 1. The van der Waals surface area contributed by atoms with E-state index in [1.165, 1.54) is 0 Å². The first kappa shape index (κ1) is 14.1. The van der Waals surface area contributed by atoms with Gasteiger partial charge in [0.05, 0.1) is 16.8 Å². The van der Waals surface area contributed by atoms with Crippen LogP contribution in [0, 0.1) is 6.92 Å². The smallest absolute Gasteiger partial charge is 0.478 e. The summed E-state index contributed by atoms with van der Waals surface area (Å²) in [7, 11) is -0.641. The monoisotopic (exact) mass is 262 g/mol. The Labute approximate surface area is 113 Å². The SMILES string of the molecule is Cc1cccc(C(=O)O)c1B1OC(C)(C)C(C)(C)O1. The maximum absolute atomic E-state index is 11.3. The molecule has 0 atom stereocenters. The number of carboxylic acid groups (broad SMARTS) is 1. The van der Waals surface area contributed by atoms with Crippen LogP contribution in [-0.4, -0.2) is 29.4 Å². The van der Waals surface area contributed by atoms with Crippen LogP contribution < -0.4 is 5.46 Å². The summed E-state index contributed by atoms with van der Waals surface area (Å²) in [5.41, 5.74) is 0.747. The van der Waals surface area contributed by atoms with Crippen molar-refractivity contribution in [1.29, 1.82) is 0 Å². The molecule has 0 unspecified atom stereocenters. The number of hydrogen-bond acceptors (Lipinski definition) is 3. The first-order valence-corrected chi connectivity index (χ1v) is 6.34. The zero-order valence-corrected chi connectivity index (χ0v) is 12.0. The van der Waals surface area contributed by atoms with Gasteiger partial charge in [0.15, 0.2) is 0 Å². The highest BCUT2D eigenvalue weighted by Gasteiger charge is 2.52. The summed E-state index contributed by atoms with van der Waals surface area (Å²) >= 11 is 0. The summed E-state index contributed by atoms with van der Waals surface area (Å²) in [6.45, 7) is 9.67. The van der Waals surface area contributed by atoms with E-state index in [1.54, 1.807) is 12.1 Å². The van der Waals surface area contributed by atoms with Gasteiger partial charge in [-0.1, -0.05) is 17.7 Å². The minimum Gasteiger partial charge on any atom is -0.478 e. The molecule has 0 aliphatic carbocycles. The lowest BCUT2D eigenvalue weighted by atomic mass is 9.73. The Morgan fingerprint density at radius 2 is 1.68 bits per heavy atom. The van der Waals surface area contributed by atoms with Crippen molar-refractivity contribution in [3.05, 3.63) is 29.3 Å². The Kier molecular flexibility index (Phi) is 3.23. The number of rotatable bonds is 2. The molecule has 4 nitrogen and oxygen atoms in total. The molecule has 1 aliphatic rings. The van der Waals surface area contributed by atoms with Gasteiger partial charge in [-0.05, 0) is 46.1 Å². The van der Waals surface area contributed by atoms with E-state index in [0.717, 1.165) is 5.56 Å². The minimum atomic E-state index is -0.964. The van der Waals surface area contributed by atoms with Crippen LogP contribution in [0.2, 0.25) is 0 Å². The Balaban J connectivity index is 2.48. The van der Waals surface area contributed by atoms with Crippen molar-refractivity contribution in [2.45, 2.75) is 45.8 Å². The third-order valence-electron chi connectivity index (χ3n) is 4.04. The van der Waals surface area contributed by atoms with Gasteiger partial charge in [0, 0.05) is 0 Å². The quantitative estimate of drug-likeness (QED) is 0.828. The third-order valence-corrected chi connectivity index (χ3v) is 4.04. The highest BCUT2D eigenvalue weighted by atomic mass is 16.7. The van der Waals surface area contributed by atoms with E-state index in [1.807, 2.05) is 40.7 Å². The highest BCUT2D eigenvalue weighted by Crippen LogP contribution is 2.36. The van der Waals surface area contributed by atoms with Crippen molar-refractivity contribution in [2.75, 3.05) is 0 Å². The van der Waals surface area contributed by atoms with E-state index in [0.29, 0.717) is 5.46 Å². The fraction of sp³-hybridized carbons (Fsp3) is 0.500. The molecule has 1 fully saturated rings. The summed E-state index contributed by atoms with van der Waals surface area (Å²) < 4.78 is 11.9. The Bertz CT molecular complexity index is 506. The molecule has 0 spiro atoms. The second-order valence-corrected chi connectivity index (χ2v) is 5.93. The molecule has 0 amide bonds. The Hall–Kier alpha value is -1.33. The second-order valence-electron chi connectivity index (χ2n) is 5.93. The summed E-state index contributed by atoms with van der Waals surface area (Å²) in [5.74, 6) is -0.964. The first-order valence-electron chi connectivity index (χ1n) is 6.34. The number of benzene rings is 1.